The largest absolute Gasteiger partial charge is 0.507 e. The molecule has 1 heterocycles. The molecule has 1 aromatic carbocycles. The first-order chi connectivity index (χ1) is 10.4. The molecule has 1 aromatic rings. The Hall–Kier alpha value is -1.44. The SMILES string of the molecule is CCCCc1cc(O)c2c(c1)OC(C)(C)[C@@H]1CCC(C)=CC21. The molecule has 2 heteroatoms. The monoisotopic (exact) mass is 300 g/mol. The van der Waals surface area contributed by atoms with E-state index in [1.54, 1.807) is 0 Å². The van der Waals surface area contributed by atoms with Crippen LogP contribution in [0.4, 0.5) is 0 Å². The average molecular weight is 300 g/mol. The standard InChI is InChI=1S/C20H28O2/c1-5-6-7-14-11-17(21)19-15-10-13(2)8-9-16(15)20(3,4)22-18(19)12-14/h10-12,15-16,21H,5-9H2,1-4H3/t15?,16-/m1/s1. The van der Waals surface area contributed by atoms with E-state index < -0.39 is 0 Å². The maximum atomic E-state index is 10.6. The third-order valence-electron chi connectivity index (χ3n) is 5.35. The van der Waals surface area contributed by atoms with E-state index in [0.29, 0.717) is 11.7 Å². The molecular weight excluding hydrogens is 272 g/mol. The van der Waals surface area contributed by atoms with Crippen LogP contribution in [0.5, 0.6) is 11.5 Å². The van der Waals surface area contributed by atoms with Gasteiger partial charge in [0.25, 0.3) is 0 Å². The lowest BCUT2D eigenvalue weighted by atomic mass is 9.68. The lowest BCUT2D eigenvalue weighted by Crippen LogP contribution is -2.45. The topological polar surface area (TPSA) is 29.5 Å². The van der Waals surface area contributed by atoms with Crippen LogP contribution in [0.25, 0.3) is 0 Å². The van der Waals surface area contributed by atoms with Gasteiger partial charge in [-0.25, -0.2) is 0 Å². The number of benzene rings is 1. The summed E-state index contributed by atoms with van der Waals surface area (Å²) in [5.74, 6) is 2.03. The number of aryl methyl sites for hydroxylation is 1. The smallest absolute Gasteiger partial charge is 0.127 e. The van der Waals surface area contributed by atoms with Crippen LogP contribution in [0.2, 0.25) is 0 Å². The Balaban J connectivity index is 2.06. The van der Waals surface area contributed by atoms with Crippen molar-refractivity contribution in [2.45, 2.75) is 71.3 Å². The zero-order chi connectivity index (χ0) is 15.9. The Morgan fingerprint density at radius 1 is 1.32 bits per heavy atom. The normalized spacial score (nSPS) is 25.7. The van der Waals surface area contributed by atoms with Crippen molar-refractivity contribution in [3.63, 3.8) is 0 Å². The highest BCUT2D eigenvalue weighted by atomic mass is 16.5. The van der Waals surface area contributed by atoms with Crippen molar-refractivity contribution in [3.05, 3.63) is 34.9 Å². The van der Waals surface area contributed by atoms with Gasteiger partial charge in [-0.2, -0.15) is 0 Å². The van der Waals surface area contributed by atoms with Gasteiger partial charge in [0.15, 0.2) is 0 Å². The molecule has 0 aromatic heterocycles. The van der Waals surface area contributed by atoms with Gasteiger partial charge in [-0.1, -0.05) is 25.0 Å². The summed E-state index contributed by atoms with van der Waals surface area (Å²) in [5.41, 5.74) is 3.44. The molecule has 120 valence electrons. The minimum absolute atomic E-state index is 0.176. The summed E-state index contributed by atoms with van der Waals surface area (Å²) in [4.78, 5) is 0. The third kappa shape index (κ3) is 2.64. The molecular formula is C20H28O2. The van der Waals surface area contributed by atoms with Crippen molar-refractivity contribution in [3.8, 4) is 11.5 Å². The number of fused-ring (bicyclic) bond motifs is 3. The van der Waals surface area contributed by atoms with E-state index in [9.17, 15) is 5.11 Å². The molecule has 1 aliphatic carbocycles. The first-order valence-electron chi connectivity index (χ1n) is 8.64. The van der Waals surface area contributed by atoms with Crippen LogP contribution in [0, 0.1) is 5.92 Å². The summed E-state index contributed by atoms with van der Waals surface area (Å²) >= 11 is 0. The maximum absolute atomic E-state index is 10.6. The fourth-order valence-electron chi connectivity index (χ4n) is 4.10. The highest BCUT2D eigenvalue weighted by molar-refractivity contribution is 5.53. The number of hydrogen-bond acceptors (Lipinski definition) is 2. The molecule has 1 unspecified atom stereocenters. The zero-order valence-corrected chi connectivity index (χ0v) is 14.3. The summed E-state index contributed by atoms with van der Waals surface area (Å²) in [7, 11) is 0. The first-order valence-corrected chi connectivity index (χ1v) is 8.64. The zero-order valence-electron chi connectivity index (χ0n) is 14.3. The minimum Gasteiger partial charge on any atom is -0.507 e. The number of phenolic OH excluding ortho intramolecular Hbond substituents is 1. The van der Waals surface area contributed by atoms with E-state index in [1.807, 2.05) is 6.07 Å². The second kappa shape index (κ2) is 5.64. The van der Waals surface area contributed by atoms with E-state index in [0.717, 1.165) is 43.4 Å². The quantitative estimate of drug-likeness (QED) is 0.763. The number of rotatable bonds is 3. The third-order valence-corrected chi connectivity index (χ3v) is 5.35. The molecule has 1 aliphatic heterocycles. The van der Waals surface area contributed by atoms with Crippen molar-refractivity contribution < 1.29 is 9.84 Å². The molecule has 0 fully saturated rings. The molecule has 2 atom stereocenters. The van der Waals surface area contributed by atoms with Gasteiger partial charge in [-0.3, -0.25) is 0 Å². The molecule has 3 rings (SSSR count). The van der Waals surface area contributed by atoms with Gasteiger partial charge < -0.3 is 9.84 Å². The Kier molecular flexibility index (Phi) is 3.96. The molecule has 2 nitrogen and oxygen atoms in total. The van der Waals surface area contributed by atoms with Gasteiger partial charge in [0.1, 0.15) is 17.1 Å². The van der Waals surface area contributed by atoms with E-state index >= 15 is 0 Å². The molecule has 0 saturated heterocycles. The molecule has 0 bridgehead atoms. The van der Waals surface area contributed by atoms with Crippen LogP contribution in [-0.2, 0) is 6.42 Å². The predicted molar refractivity (Wildman–Crippen MR) is 90.6 cm³/mol. The van der Waals surface area contributed by atoms with Crippen molar-refractivity contribution in [1.29, 1.82) is 0 Å². The number of unbranched alkanes of at least 4 members (excludes halogenated alkanes) is 1. The molecule has 0 spiro atoms. The highest BCUT2D eigenvalue weighted by Gasteiger charge is 2.45. The fourth-order valence-corrected chi connectivity index (χ4v) is 4.10. The Bertz CT molecular complexity index is 598. The summed E-state index contributed by atoms with van der Waals surface area (Å²) in [6, 6.07) is 4.10. The molecule has 0 amide bonds. The summed E-state index contributed by atoms with van der Waals surface area (Å²) in [6.45, 7) is 8.78. The Morgan fingerprint density at radius 3 is 2.82 bits per heavy atom. The number of ether oxygens (including phenoxy) is 1. The molecule has 22 heavy (non-hydrogen) atoms. The minimum atomic E-state index is -0.176. The van der Waals surface area contributed by atoms with Crippen molar-refractivity contribution in [2.24, 2.45) is 5.92 Å². The lowest BCUT2D eigenvalue weighted by Gasteiger charge is -2.46. The number of hydrogen-bond donors (Lipinski definition) is 1. The van der Waals surface area contributed by atoms with Crippen molar-refractivity contribution >= 4 is 0 Å². The van der Waals surface area contributed by atoms with E-state index in [2.05, 4.69) is 39.8 Å². The number of aromatic hydroxyl groups is 1. The average Bonchev–Trinajstić information content (AvgIpc) is 2.43. The van der Waals surface area contributed by atoms with Crippen LogP contribution in [0.1, 0.15) is 70.4 Å². The van der Waals surface area contributed by atoms with Crippen LogP contribution >= 0.6 is 0 Å². The molecule has 1 N–H and O–H groups in total. The second-order valence-corrected chi connectivity index (χ2v) is 7.52. The number of allylic oxidation sites excluding steroid dienone is 2. The summed E-state index contributed by atoms with van der Waals surface area (Å²) < 4.78 is 6.34. The van der Waals surface area contributed by atoms with E-state index in [4.69, 9.17) is 4.74 Å². The Morgan fingerprint density at radius 2 is 2.09 bits per heavy atom. The lowest BCUT2D eigenvalue weighted by molar-refractivity contribution is 0.0107. The van der Waals surface area contributed by atoms with Gasteiger partial charge in [0.05, 0.1) is 0 Å². The molecule has 0 saturated carbocycles. The second-order valence-electron chi connectivity index (χ2n) is 7.52. The van der Waals surface area contributed by atoms with Crippen molar-refractivity contribution in [2.75, 3.05) is 0 Å². The van der Waals surface area contributed by atoms with Crippen LogP contribution in [-0.4, -0.2) is 10.7 Å². The van der Waals surface area contributed by atoms with Crippen LogP contribution in [0.15, 0.2) is 23.8 Å². The summed E-state index contributed by atoms with van der Waals surface area (Å²) in [5, 5.41) is 10.6. The molecule has 0 radical (unpaired) electrons. The summed E-state index contributed by atoms with van der Waals surface area (Å²) in [6.07, 6.45) is 7.94. The molecule has 2 aliphatic rings. The van der Waals surface area contributed by atoms with E-state index in [-0.39, 0.29) is 11.5 Å². The number of phenols is 1. The van der Waals surface area contributed by atoms with Gasteiger partial charge in [0, 0.05) is 17.4 Å². The predicted octanol–water partition coefficient (Wildman–Crippen LogP) is 5.35. The van der Waals surface area contributed by atoms with Gasteiger partial charge in [0.2, 0.25) is 0 Å². The van der Waals surface area contributed by atoms with Crippen LogP contribution in [0.3, 0.4) is 0 Å². The van der Waals surface area contributed by atoms with Crippen molar-refractivity contribution in [1.82, 2.24) is 0 Å². The highest BCUT2D eigenvalue weighted by Crippen LogP contribution is 2.53. The fraction of sp³-hybridized carbons (Fsp3) is 0.600. The Labute approximate surface area is 134 Å². The van der Waals surface area contributed by atoms with Gasteiger partial charge in [-0.15, -0.1) is 0 Å². The maximum Gasteiger partial charge on any atom is 0.127 e. The van der Waals surface area contributed by atoms with Gasteiger partial charge in [-0.05, 0) is 64.2 Å². The van der Waals surface area contributed by atoms with Gasteiger partial charge >= 0.3 is 0 Å². The van der Waals surface area contributed by atoms with E-state index in [1.165, 1.54) is 11.1 Å². The first kappa shape index (κ1) is 15.5. The van der Waals surface area contributed by atoms with Crippen LogP contribution < -0.4 is 4.74 Å².